The SMILES string of the molecule is CC(C)C(Nc1nc2ccccn2c1[N+](=O)[O-])c1ccc2c(c1)OCCO2. The van der Waals surface area contributed by atoms with Crippen molar-refractivity contribution in [1.82, 2.24) is 9.38 Å². The minimum absolute atomic E-state index is 0.0752. The third-order valence-corrected chi connectivity index (χ3v) is 4.56. The minimum atomic E-state index is -0.413. The molecule has 8 heteroatoms. The van der Waals surface area contributed by atoms with Crippen molar-refractivity contribution in [2.24, 2.45) is 5.92 Å². The van der Waals surface area contributed by atoms with E-state index in [0.29, 0.717) is 30.4 Å². The van der Waals surface area contributed by atoms with Gasteiger partial charge >= 0.3 is 5.82 Å². The highest BCUT2D eigenvalue weighted by molar-refractivity contribution is 5.63. The molecule has 140 valence electrons. The van der Waals surface area contributed by atoms with Gasteiger partial charge in [-0.3, -0.25) is 0 Å². The van der Waals surface area contributed by atoms with Gasteiger partial charge in [-0.1, -0.05) is 26.0 Å². The van der Waals surface area contributed by atoms with E-state index in [1.54, 1.807) is 24.4 Å². The number of imidazole rings is 1. The maximum atomic E-state index is 11.6. The molecular weight excluding hydrogens is 348 g/mol. The standard InChI is InChI=1S/C19H20N4O4/c1-12(2)17(13-6-7-14-15(11-13)27-10-9-26-14)21-18-19(23(24)25)22-8-4-3-5-16(22)20-18/h3-8,11-12,17,21H,9-10H2,1-2H3. The van der Waals surface area contributed by atoms with Crippen LogP contribution in [0.3, 0.4) is 0 Å². The third kappa shape index (κ3) is 3.14. The number of pyridine rings is 1. The molecule has 0 bridgehead atoms. The van der Waals surface area contributed by atoms with Gasteiger partial charge in [-0.05, 0) is 34.6 Å². The second kappa shape index (κ2) is 6.79. The van der Waals surface area contributed by atoms with Gasteiger partial charge in [0.05, 0.1) is 12.2 Å². The van der Waals surface area contributed by atoms with Crippen molar-refractivity contribution in [2.45, 2.75) is 19.9 Å². The average Bonchev–Trinajstić information content (AvgIpc) is 3.03. The van der Waals surface area contributed by atoms with Crippen LogP contribution in [0, 0.1) is 16.0 Å². The summed E-state index contributed by atoms with van der Waals surface area (Å²) in [4.78, 5) is 15.7. The van der Waals surface area contributed by atoms with Crippen LogP contribution < -0.4 is 14.8 Å². The number of fused-ring (bicyclic) bond motifs is 2. The summed E-state index contributed by atoms with van der Waals surface area (Å²) in [5, 5.41) is 14.9. The van der Waals surface area contributed by atoms with Crippen molar-refractivity contribution in [1.29, 1.82) is 0 Å². The highest BCUT2D eigenvalue weighted by Crippen LogP contribution is 2.37. The molecule has 1 aliphatic rings. The molecule has 1 aromatic carbocycles. The Hall–Kier alpha value is -3.29. The Labute approximate surface area is 155 Å². The highest BCUT2D eigenvalue weighted by Gasteiger charge is 2.27. The second-order valence-electron chi connectivity index (χ2n) is 6.74. The molecule has 0 aliphatic carbocycles. The van der Waals surface area contributed by atoms with Gasteiger partial charge in [0.25, 0.3) is 0 Å². The predicted octanol–water partition coefficient (Wildman–Crippen LogP) is 3.82. The van der Waals surface area contributed by atoms with Crippen molar-refractivity contribution in [3.05, 3.63) is 58.3 Å². The summed E-state index contributed by atoms with van der Waals surface area (Å²) in [6.07, 6.45) is 1.64. The second-order valence-corrected chi connectivity index (χ2v) is 6.74. The van der Waals surface area contributed by atoms with E-state index in [-0.39, 0.29) is 23.6 Å². The first kappa shape index (κ1) is 17.1. The Morgan fingerprint density at radius 1 is 1.19 bits per heavy atom. The van der Waals surface area contributed by atoms with Crippen molar-refractivity contribution in [2.75, 3.05) is 18.5 Å². The lowest BCUT2D eigenvalue weighted by Gasteiger charge is -2.25. The normalized spacial score (nSPS) is 14.3. The van der Waals surface area contributed by atoms with Gasteiger partial charge in [0, 0.05) is 6.07 Å². The Balaban J connectivity index is 1.73. The lowest BCUT2D eigenvalue weighted by molar-refractivity contribution is -0.389. The molecule has 2 aromatic heterocycles. The maximum absolute atomic E-state index is 11.6. The van der Waals surface area contributed by atoms with E-state index in [1.165, 1.54) is 4.40 Å². The van der Waals surface area contributed by atoms with Gasteiger partial charge in [0.15, 0.2) is 11.5 Å². The molecule has 0 radical (unpaired) electrons. The molecule has 8 nitrogen and oxygen atoms in total. The highest BCUT2D eigenvalue weighted by atomic mass is 16.6. The molecule has 27 heavy (non-hydrogen) atoms. The molecule has 1 aliphatic heterocycles. The van der Waals surface area contributed by atoms with Crippen LogP contribution >= 0.6 is 0 Å². The van der Waals surface area contributed by atoms with Crippen molar-refractivity contribution in [3.8, 4) is 11.5 Å². The summed E-state index contributed by atoms with van der Waals surface area (Å²) in [5.41, 5.74) is 1.48. The maximum Gasteiger partial charge on any atom is 0.372 e. The summed E-state index contributed by atoms with van der Waals surface area (Å²) < 4.78 is 12.7. The smallest absolute Gasteiger partial charge is 0.372 e. The Morgan fingerprint density at radius 2 is 1.96 bits per heavy atom. The molecule has 0 spiro atoms. The summed E-state index contributed by atoms with van der Waals surface area (Å²) in [7, 11) is 0. The van der Waals surface area contributed by atoms with Crippen LogP contribution in [0.4, 0.5) is 11.6 Å². The topological polar surface area (TPSA) is 90.9 Å². The van der Waals surface area contributed by atoms with Crippen LogP contribution in [0.25, 0.3) is 5.65 Å². The molecule has 1 atom stereocenters. The first-order chi connectivity index (χ1) is 13.0. The van der Waals surface area contributed by atoms with Gasteiger partial charge in [0.2, 0.25) is 11.5 Å². The number of nitrogens with one attached hydrogen (secondary N) is 1. The molecule has 1 unspecified atom stereocenters. The summed E-state index contributed by atoms with van der Waals surface area (Å²) in [6.45, 7) is 5.14. The lowest BCUT2D eigenvalue weighted by Crippen LogP contribution is -2.19. The van der Waals surface area contributed by atoms with Gasteiger partial charge in [-0.15, -0.1) is 0 Å². The summed E-state index contributed by atoms with van der Waals surface area (Å²) >= 11 is 0. The van der Waals surface area contributed by atoms with Crippen molar-refractivity contribution in [3.63, 3.8) is 0 Å². The van der Waals surface area contributed by atoms with Crippen LogP contribution in [0.5, 0.6) is 11.5 Å². The Morgan fingerprint density at radius 3 is 2.70 bits per heavy atom. The average molecular weight is 368 g/mol. The van der Waals surface area contributed by atoms with Gasteiger partial charge in [-0.2, -0.15) is 9.38 Å². The zero-order chi connectivity index (χ0) is 19.0. The summed E-state index contributed by atoms with van der Waals surface area (Å²) in [6, 6.07) is 10.9. The number of benzene rings is 1. The van der Waals surface area contributed by atoms with E-state index >= 15 is 0 Å². The first-order valence-corrected chi connectivity index (χ1v) is 8.82. The number of hydrogen-bond donors (Lipinski definition) is 1. The van der Waals surface area contributed by atoms with Gasteiger partial charge in [-0.25, -0.2) is 0 Å². The van der Waals surface area contributed by atoms with Crippen LogP contribution in [0.1, 0.15) is 25.5 Å². The molecule has 3 heterocycles. The summed E-state index contributed by atoms with van der Waals surface area (Å²) in [5.74, 6) is 1.74. The number of nitro groups is 1. The molecule has 0 saturated heterocycles. The molecule has 1 N–H and O–H groups in total. The zero-order valence-electron chi connectivity index (χ0n) is 15.1. The van der Waals surface area contributed by atoms with Crippen LogP contribution in [-0.4, -0.2) is 27.5 Å². The van der Waals surface area contributed by atoms with Crippen LogP contribution in [0.15, 0.2) is 42.6 Å². The molecule has 0 amide bonds. The van der Waals surface area contributed by atoms with Crippen LogP contribution in [-0.2, 0) is 0 Å². The zero-order valence-corrected chi connectivity index (χ0v) is 15.1. The number of nitrogens with zero attached hydrogens (tertiary/aromatic N) is 3. The fourth-order valence-corrected chi connectivity index (χ4v) is 3.29. The van der Waals surface area contributed by atoms with Crippen molar-refractivity contribution < 1.29 is 14.4 Å². The van der Waals surface area contributed by atoms with Gasteiger partial charge in [0.1, 0.15) is 13.2 Å². The minimum Gasteiger partial charge on any atom is -0.486 e. The van der Waals surface area contributed by atoms with Crippen LogP contribution in [0.2, 0.25) is 0 Å². The monoisotopic (exact) mass is 368 g/mol. The van der Waals surface area contributed by atoms with E-state index in [1.807, 2.05) is 18.2 Å². The number of rotatable bonds is 5. The molecule has 0 saturated carbocycles. The molecule has 4 rings (SSSR count). The fourth-order valence-electron chi connectivity index (χ4n) is 3.29. The quantitative estimate of drug-likeness (QED) is 0.544. The van der Waals surface area contributed by atoms with E-state index < -0.39 is 4.92 Å². The number of anilines is 1. The largest absolute Gasteiger partial charge is 0.486 e. The number of ether oxygens (including phenoxy) is 2. The molecule has 3 aromatic rings. The molecular formula is C19H20N4O4. The fraction of sp³-hybridized carbons (Fsp3) is 0.316. The van der Waals surface area contributed by atoms with Crippen molar-refractivity contribution >= 4 is 17.3 Å². The van der Waals surface area contributed by atoms with E-state index in [9.17, 15) is 10.1 Å². The predicted molar refractivity (Wildman–Crippen MR) is 100 cm³/mol. The Bertz CT molecular complexity index is 999. The van der Waals surface area contributed by atoms with E-state index in [0.717, 1.165) is 5.56 Å². The third-order valence-electron chi connectivity index (χ3n) is 4.56. The Kier molecular flexibility index (Phi) is 4.31. The number of hydrogen-bond acceptors (Lipinski definition) is 6. The molecule has 0 fully saturated rings. The van der Waals surface area contributed by atoms with E-state index in [2.05, 4.69) is 24.1 Å². The first-order valence-electron chi connectivity index (χ1n) is 8.82. The van der Waals surface area contributed by atoms with E-state index in [4.69, 9.17) is 9.47 Å². The lowest BCUT2D eigenvalue weighted by atomic mass is 9.95. The number of aromatic nitrogens is 2. The van der Waals surface area contributed by atoms with Gasteiger partial charge < -0.3 is 24.9 Å².